The molecule has 0 aliphatic rings. The normalized spacial score (nSPS) is 11.9. The van der Waals surface area contributed by atoms with Gasteiger partial charge < -0.3 is 19.1 Å². The van der Waals surface area contributed by atoms with E-state index in [1.807, 2.05) is 63.2 Å². The molecule has 0 saturated carbocycles. The third-order valence-corrected chi connectivity index (χ3v) is 5.21. The zero-order valence-electron chi connectivity index (χ0n) is 19.0. The zero-order valence-corrected chi connectivity index (χ0v) is 19.0. The van der Waals surface area contributed by atoms with Crippen molar-refractivity contribution in [3.8, 4) is 11.5 Å². The number of fused-ring (bicyclic) bond motifs is 1. The molecular formula is C25H31N2O4+. The number of para-hydroxylation sites is 1. The van der Waals surface area contributed by atoms with Crippen LogP contribution in [0.1, 0.15) is 41.0 Å². The standard InChI is InChI=1S/C25H30N2O4/c1-6-30-22-13-12-18(14-23(22)29-5)15-27(4)16-21-24(25(28)31-7-2)17(3)19-10-8-9-11-20(19)26-21/h8-14H,6-7,15-16H2,1-5H3/p+1. The van der Waals surface area contributed by atoms with E-state index >= 15 is 0 Å². The lowest BCUT2D eigenvalue weighted by molar-refractivity contribution is -0.908. The third kappa shape index (κ3) is 5.14. The van der Waals surface area contributed by atoms with Crippen molar-refractivity contribution in [2.75, 3.05) is 27.4 Å². The molecule has 1 aromatic heterocycles. The Kier molecular flexibility index (Phi) is 7.47. The van der Waals surface area contributed by atoms with Gasteiger partial charge in [-0.15, -0.1) is 0 Å². The Bertz CT molecular complexity index is 1060. The quantitative estimate of drug-likeness (QED) is 0.535. The van der Waals surface area contributed by atoms with Gasteiger partial charge in [0, 0.05) is 10.9 Å². The molecule has 3 rings (SSSR count). The van der Waals surface area contributed by atoms with E-state index in [4.69, 9.17) is 19.2 Å². The summed E-state index contributed by atoms with van der Waals surface area (Å²) >= 11 is 0. The van der Waals surface area contributed by atoms with Crippen molar-refractivity contribution in [3.05, 3.63) is 64.8 Å². The van der Waals surface area contributed by atoms with Crippen molar-refractivity contribution in [1.29, 1.82) is 0 Å². The summed E-state index contributed by atoms with van der Waals surface area (Å²) in [5.74, 6) is 1.14. The number of carbonyl (C=O) groups excluding carboxylic acids is 1. The van der Waals surface area contributed by atoms with Gasteiger partial charge in [-0.1, -0.05) is 18.2 Å². The van der Waals surface area contributed by atoms with Crippen molar-refractivity contribution >= 4 is 16.9 Å². The molecule has 164 valence electrons. The van der Waals surface area contributed by atoms with Crippen molar-refractivity contribution in [2.45, 2.75) is 33.9 Å². The number of hydrogen-bond donors (Lipinski definition) is 1. The molecule has 1 heterocycles. The van der Waals surface area contributed by atoms with Crippen molar-refractivity contribution in [3.63, 3.8) is 0 Å². The number of aromatic nitrogens is 1. The fourth-order valence-electron chi connectivity index (χ4n) is 3.84. The molecule has 6 nitrogen and oxygen atoms in total. The van der Waals surface area contributed by atoms with Gasteiger partial charge in [0.15, 0.2) is 11.5 Å². The van der Waals surface area contributed by atoms with Gasteiger partial charge >= 0.3 is 5.97 Å². The summed E-state index contributed by atoms with van der Waals surface area (Å²) in [5.41, 5.74) is 4.25. The Morgan fingerprint density at radius 3 is 2.52 bits per heavy atom. The number of nitrogens with zero attached hydrogens (tertiary/aromatic N) is 1. The lowest BCUT2D eigenvalue weighted by Gasteiger charge is -2.18. The Morgan fingerprint density at radius 1 is 1.03 bits per heavy atom. The number of benzene rings is 2. The second-order valence-electron chi connectivity index (χ2n) is 7.53. The van der Waals surface area contributed by atoms with Gasteiger partial charge in [-0.2, -0.15) is 0 Å². The van der Waals surface area contributed by atoms with Crippen molar-refractivity contribution in [2.24, 2.45) is 0 Å². The van der Waals surface area contributed by atoms with E-state index in [1.165, 1.54) is 4.90 Å². The molecule has 6 heteroatoms. The Hall–Kier alpha value is -3.12. The summed E-state index contributed by atoms with van der Waals surface area (Å²) in [7, 11) is 3.73. The Morgan fingerprint density at radius 2 is 1.81 bits per heavy atom. The van der Waals surface area contributed by atoms with Crippen LogP contribution in [0.3, 0.4) is 0 Å². The van der Waals surface area contributed by atoms with Crippen molar-refractivity contribution < 1.29 is 23.9 Å². The van der Waals surface area contributed by atoms with E-state index in [9.17, 15) is 4.79 Å². The van der Waals surface area contributed by atoms with Gasteiger partial charge in [0.25, 0.3) is 0 Å². The number of pyridine rings is 1. The first kappa shape index (κ1) is 22.6. The highest BCUT2D eigenvalue weighted by molar-refractivity contribution is 5.98. The van der Waals surface area contributed by atoms with Gasteiger partial charge in [0.05, 0.1) is 38.5 Å². The third-order valence-electron chi connectivity index (χ3n) is 5.21. The maximum absolute atomic E-state index is 12.8. The van der Waals surface area contributed by atoms with Crippen LogP contribution in [0.15, 0.2) is 42.5 Å². The molecule has 0 aliphatic heterocycles. The number of carbonyl (C=O) groups is 1. The molecule has 0 amide bonds. The second-order valence-corrected chi connectivity index (χ2v) is 7.53. The molecule has 1 unspecified atom stereocenters. The topological polar surface area (TPSA) is 62.1 Å². The average Bonchev–Trinajstić information content (AvgIpc) is 2.75. The second kappa shape index (κ2) is 10.3. The highest BCUT2D eigenvalue weighted by Crippen LogP contribution is 2.28. The van der Waals surface area contributed by atoms with E-state index in [-0.39, 0.29) is 5.97 Å². The van der Waals surface area contributed by atoms with Crippen LogP contribution >= 0.6 is 0 Å². The van der Waals surface area contributed by atoms with Gasteiger partial charge in [0.2, 0.25) is 0 Å². The van der Waals surface area contributed by atoms with E-state index < -0.39 is 0 Å². The SMILES string of the molecule is CCOC(=O)c1c(C[NH+](C)Cc2ccc(OCC)c(OC)c2)nc2ccccc2c1C. The number of rotatable bonds is 9. The molecule has 0 spiro atoms. The fourth-order valence-corrected chi connectivity index (χ4v) is 3.84. The summed E-state index contributed by atoms with van der Waals surface area (Å²) < 4.78 is 16.4. The van der Waals surface area contributed by atoms with Crippen LogP contribution in [0.25, 0.3) is 10.9 Å². The monoisotopic (exact) mass is 423 g/mol. The molecule has 0 fully saturated rings. The Balaban J connectivity index is 1.90. The molecule has 0 saturated heterocycles. The van der Waals surface area contributed by atoms with Crippen LogP contribution in [0, 0.1) is 6.92 Å². The first-order valence-electron chi connectivity index (χ1n) is 10.6. The number of methoxy groups -OCH3 is 1. The van der Waals surface area contributed by atoms with Gasteiger partial charge in [-0.3, -0.25) is 0 Å². The molecule has 2 aromatic carbocycles. The van der Waals surface area contributed by atoms with Crippen LogP contribution in [-0.2, 0) is 17.8 Å². The average molecular weight is 424 g/mol. The number of ether oxygens (including phenoxy) is 3. The molecule has 3 aromatic rings. The highest BCUT2D eigenvalue weighted by atomic mass is 16.5. The van der Waals surface area contributed by atoms with Crippen LogP contribution in [0.5, 0.6) is 11.5 Å². The molecule has 1 N–H and O–H groups in total. The number of esters is 1. The van der Waals surface area contributed by atoms with Gasteiger partial charge in [-0.05, 0) is 50.6 Å². The maximum Gasteiger partial charge on any atom is 0.340 e. The maximum atomic E-state index is 12.8. The van der Waals surface area contributed by atoms with E-state index in [1.54, 1.807) is 7.11 Å². The smallest absolute Gasteiger partial charge is 0.340 e. The number of quaternary nitrogens is 1. The predicted molar refractivity (Wildman–Crippen MR) is 121 cm³/mol. The van der Waals surface area contributed by atoms with E-state index in [2.05, 4.69) is 7.05 Å². The predicted octanol–water partition coefficient (Wildman–Crippen LogP) is 3.34. The van der Waals surface area contributed by atoms with Crippen LogP contribution in [0.2, 0.25) is 0 Å². The number of hydrogen-bond acceptors (Lipinski definition) is 5. The lowest BCUT2D eigenvalue weighted by Crippen LogP contribution is -3.06. The number of nitrogens with one attached hydrogen (secondary N) is 1. The first-order chi connectivity index (χ1) is 15.0. The fraction of sp³-hybridized carbons (Fsp3) is 0.360. The van der Waals surface area contributed by atoms with Crippen LogP contribution < -0.4 is 14.4 Å². The Labute approximate surface area is 183 Å². The molecular weight excluding hydrogens is 392 g/mol. The summed E-state index contributed by atoms with van der Waals surface area (Å²) in [4.78, 5) is 18.8. The minimum atomic E-state index is -0.316. The largest absolute Gasteiger partial charge is 0.493 e. The molecule has 31 heavy (non-hydrogen) atoms. The van der Waals surface area contributed by atoms with Crippen LogP contribution in [-0.4, -0.2) is 38.3 Å². The minimum Gasteiger partial charge on any atom is -0.493 e. The molecule has 1 atom stereocenters. The molecule has 0 aliphatic carbocycles. The first-order valence-corrected chi connectivity index (χ1v) is 10.6. The number of aryl methyl sites for hydroxylation is 1. The van der Waals surface area contributed by atoms with E-state index in [0.29, 0.717) is 25.3 Å². The molecule has 0 bridgehead atoms. The van der Waals surface area contributed by atoms with Crippen molar-refractivity contribution in [1.82, 2.24) is 4.98 Å². The van der Waals surface area contributed by atoms with Crippen LogP contribution in [0.4, 0.5) is 0 Å². The zero-order chi connectivity index (χ0) is 22.4. The summed E-state index contributed by atoms with van der Waals surface area (Å²) in [6.07, 6.45) is 0. The highest BCUT2D eigenvalue weighted by Gasteiger charge is 2.22. The molecule has 0 radical (unpaired) electrons. The summed E-state index contributed by atoms with van der Waals surface area (Å²) in [6.45, 7) is 7.99. The van der Waals surface area contributed by atoms with Gasteiger partial charge in [0.1, 0.15) is 18.8 Å². The van der Waals surface area contributed by atoms with E-state index in [0.717, 1.165) is 45.8 Å². The minimum absolute atomic E-state index is 0.316. The lowest BCUT2D eigenvalue weighted by atomic mass is 10.0. The summed E-state index contributed by atoms with van der Waals surface area (Å²) in [5, 5.41) is 0.975. The summed E-state index contributed by atoms with van der Waals surface area (Å²) in [6, 6.07) is 13.9. The van der Waals surface area contributed by atoms with Gasteiger partial charge in [-0.25, -0.2) is 9.78 Å².